The first-order valence-electron chi connectivity index (χ1n) is 10.1. The van der Waals surface area contributed by atoms with Crippen molar-refractivity contribution >= 4 is 23.0 Å². The van der Waals surface area contributed by atoms with Crippen LogP contribution in [0.2, 0.25) is 5.02 Å². The molecule has 1 N–H and O–H groups in total. The third-order valence-corrected chi connectivity index (χ3v) is 7.06. The molecular formula is C25H23ClO2. The second-order valence-corrected chi connectivity index (χ2v) is 8.63. The number of hydrogen-bond donors (Lipinski definition) is 1. The van der Waals surface area contributed by atoms with E-state index in [1.807, 2.05) is 24.3 Å². The summed E-state index contributed by atoms with van der Waals surface area (Å²) < 4.78 is 0. The number of ketones is 1. The highest BCUT2D eigenvalue weighted by Crippen LogP contribution is 2.54. The van der Waals surface area contributed by atoms with Gasteiger partial charge in [0.2, 0.25) is 0 Å². The van der Waals surface area contributed by atoms with Crippen LogP contribution in [0.15, 0.2) is 60.4 Å². The normalized spacial score (nSPS) is 28.1. The minimum atomic E-state index is -0.0809. The van der Waals surface area contributed by atoms with Crippen LogP contribution in [0.25, 0.3) is 16.7 Å². The first kappa shape index (κ1) is 17.8. The van der Waals surface area contributed by atoms with E-state index in [-0.39, 0.29) is 23.5 Å². The van der Waals surface area contributed by atoms with Gasteiger partial charge in [-0.1, -0.05) is 54.9 Å². The fourth-order valence-electron chi connectivity index (χ4n) is 5.39. The van der Waals surface area contributed by atoms with Crippen molar-refractivity contribution in [3.63, 3.8) is 0 Å². The summed E-state index contributed by atoms with van der Waals surface area (Å²) in [5.41, 5.74) is 4.65. The minimum Gasteiger partial charge on any atom is -0.511 e. The molecule has 0 amide bonds. The predicted molar refractivity (Wildman–Crippen MR) is 113 cm³/mol. The molecule has 2 aromatic carbocycles. The first-order valence-corrected chi connectivity index (χ1v) is 10.5. The summed E-state index contributed by atoms with van der Waals surface area (Å²) in [6.45, 7) is 2.09. The van der Waals surface area contributed by atoms with Gasteiger partial charge in [-0.15, -0.1) is 0 Å². The second-order valence-electron chi connectivity index (χ2n) is 8.20. The van der Waals surface area contributed by atoms with E-state index in [0.717, 1.165) is 41.5 Å². The van der Waals surface area contributed by atoms with Crippen LogP contribution in [-0.2, 0) is 11.2 Å². The molecule has 1 fully saturated rings. The van der Waals surface area contributed by atoms with Gasteiger partial charge >= 0.3 is 0 Å². The maximum absolute atomic E-state index is 13.4. The average Bonchev–Trinajstić information content (AvgIpc) is 3.01. The predicted octanol–water partition coefficient (Wildman–Crippen LogP) is 6.25. The smallest absolute Gasteiger partial charge is 0.171 e. The standard InChI is InChI=1S/C25H23ClO2/c1-2-14-3-8-18(15-9-11-19(26)12-10-15)13-20(14)23-24(27)21-16-4-5-17(7-6-16)22(21)25(23)28/h3-5,8-13,16-17,21-22,27H,2,6-7H2,1H3/t16-,17+,21-,22?/m0/s1. The van der Waals surface area contributed by atoms with Gasteiger partial charge in [0.15, 0.2) is 5.78 Å². The van der Waals surface area contributed by atoms with E-state index in [4.69, 9.17) is 11.6 Å². The molecule has 0 heterocycles. The van der Waals surface area contributed by atoms with E-state index in [2.05, 4.69) is 37.3 Å². The van der Waals surface area contributed by atoms with Gasteiger partial charge in [0.1, 0.15) is 5.76 Å². The Morgan fingerprint density at radius 1 is 0.964 bits per heavy atom. The first-order chi connectivity index (χ1) is 13.6. The van der Waals surface area contributed by atoms with Crippen LogP contribution in [0.1, 0.15) is 30.9 Å². The monoisotopic (exact) mass is 390 g/mol. The van der Waals surface area contributed by atoms with Crippen molar-refractivity contribution in [3.05, 3.63) is 76.5 Å². The van der Waals surface area contributed by atoms with Gasteiger partial charge in [-0.3, -0.25) is 4.79 Å². The highest BCUT2D eigenvalue weighted by atomic mass is 35.5. The number of carbonyl (C=O) groups is 1. The molecule has 0 aliphatic heterocycles. The largest absolute Gasteiger partial charge is 0.511 e. The molecule has 4 atom stereocenters. The molecule has 2 aromatic rings. The van der Waals surface area contributed by atoms with Gasteiger partial charge in [0, 0.05) is 16.9 Å². The molecule has 0 spiro atoms. The average molecular weight is 391 g/mol. The van der Waals surface area contributed by atoms with Crippen molar-refractivity contribution in [2.75, 3.05) is 0 Å². The van der Waals surface area contributed by atoms with Crippen molar-refractivity contribution in [3.8, 4) is 11.1 Å². The van der Waals surface area contributed by atoms with Gasteiger partial charge in [-0.2, -0.15) is 0 Å². The van der Waals surface area contributed by atoms with Gasteiger partial charge in [-0.25, -0.2) is 0 Å². The van der Waals surface area contributed by atoms with E-state index in [0.29, 0.717) is 22.3 Å². The molecule has 0 saturated heterocycles. The molecule has 3 heteroatoms. The number of rotatable bonds is 3. The van der Waals surface area contributed by atoms with Crippen LogP contribution in [0.4, 0.5) is 0 Å². The Bertz CT molecular complexity index is 1020. The molecule has 2 bridgehead atoms. The molecular weight excluding hydrogens is 368 g/mol. The fraction of sp³-hybridized carbons (Fsp3) is 0.320. The molecule has 1 saturated carbocycles. The molecule has 2 nitrogen and oxygen atoms in total. The molecule has 0 aromatic heterocycles. The number of aliphatic hydroxyl groups is 1. The number of fused-ring (bicyclic) bond motifs is 1. The maximum atomic E-state index is 13.4. The summed E-state index contributed by atoms with van der Waals surface area (Å²) >= 11 is 6.03. The SMILES string of the molecule is CCc1ccc(-c2ccc(Cl)cc2)cc1C1=C(O)[C@@H]2C(C1=O)[C@@H]1C=C[C@H]2CC1. The Balaban J connectivity index is 1.63. The Morgan fingerprint density at radius 3 is 2.21 bits per heavy atom. The molecule has 0 radical (unpaired) electrons. The zero-order valence-electron chi connectivity index (χ0n) is 15.9. The molecule has 4 aliphatic rings. The lowest BCUT2D eigenvalue weighted by atomic mass is 9.63. The molecule has 28 heavy (non-hydrogen) atoms. The van der Waals surface area contributed by atoms with Crippen molar-refractivity contribution in [2.24, 2.45) is 23.7 Å². The Labute approximate surface area is 170 Å². The zero-order chi connectivity index (χ0) is 19.4. The highest BCUT2D eigenvalue weighted by Gasteiger charge is 2.52. The number of aliphatic hydroxyl groups excluding tert-OH is 1. The summed E-state index contributed by atoms with van der Waals surface area (Å²) in [4.78, 5) is 13.4. The molecule has 1 unspecified atom stereocenters. The maximum Gasteiger partial charge on any atom is 0.171 e. The van der Waals surface area contributed by atoms with Crippen LogP contribution in [0.5, 0.6) is 0 Å². The lowest BCUT2D eigenvalue weighted by molar-refractivity contribution is -0.120. The lowest BCUT2D eigenvalue weighted by Crippen LogP contribution is -2.38. The van der Waals surface area contributed by atoms with E-state index < -0.39 is 0 Å². The quantitative estimate of drug-likeness (QED) is 0.629. The minimum absolute atomic E-state index is 0.0323. The highest BCUT2D eigenvalue weighted by molar-refractivity contribution is 6.30. The number of carbonyl (C=O) groups excluding carboxylic acids is 1. The van der Waals surface area contributed by atoms with E-state index in [1.54, 1.807) is 0 Å². The van der Waals surface area contributed by atoms with Gasteiger partial charge in [0.25, 0.3) is 0 Å². The Hall–Kier alpha value is -2.32. The number of aryl methyl sites for hydroxylation is 1. The van der Waals surface area contributed by atoms with Crippen LogP contribution < -0.4 is 0 Å². The van der Waals surface area contributed by atoms with Crippen molar-refractivity contribution < 1.29 is 9.90 Å². The zero-order valence-corrected chi connectivity index (χ0v) is 16.6. The number of Topliss-reactive ketones (excluding diaryl/α,β-unsaturated/α-hetero) is 1. The van der Waals surface area contributed by atoms with E-state index in [1.165, 1.54) is 0 Å². The van der Waals surface area contributed by atoms with E-state index in [9.17, 15) is 9.90 Å². The Kier molecular flexibility index (Phi) is 4.21. The van der Waals surface area contributed by atoms with E-state index >= 15 is 0 Å². The topological polar surface area (TPSA) is 37.3 Å². The van der Waals surface area contributed by atoms with Gasteiger partial charge < -0.3 is 5.11 Å². The summed E-state index contributed by atoms with van der Waals surface area (Å²) in [5, 5.41) is 11.9. The lowest BCUT2D eigenvalue weighted by Gasteiger charge is -2.40. The molecule has 6 rings (SSSR count). The van der Waals surface area contributed by atoms with Gasteiger partial charge in [-0.05, 0) is 71.6 Å². The third-order valence-electron chi connectivity index (χ3n) is 6.81. The third kappa shape index (κ3) is 2.58. The summed E-state index contributed by atoms with van der Waals surface area (Å²) in [6.07, 6.45) is 7.36. The van der Waals surface area contributed by atoms with Crippen molar-refractivity contribution in [1.82, 2.24) is 0 Å². The number of allylic oxidation sites excluding steroid dienone is 4. The van der Waals surface area contributed by atoms with Crippen LogP contribution in [-0.4, -0.2) is 10.9 Å². The molecule has 4 aliphatic carbocycles. The fourth-order valence-corrected chi connectivity index (χ4v) is 5.52. The van der Waals surface area contributed by atoms with Crippen LogP contribution >= 0.6 is 11.6 Å². The van der Waals surface area contributed by atoms with Crippen LogP contribution in [0.3, 0.4) is 0 Å². The number of halogens is 1. The van der Waals surface area contributed by atoms with Gasteiger partial charge in [0.05, 0.1) is 5.57 Å². The summed E-state index contributed by atoms with van der Waals surface area (Å²) in [6, 6.07) is 14.0. The number of benzene rings is 2. The Morgan fingerprint density at radius 2 is 1.61 bits per heavy atom. The summed E-state index contributed by atoms with van der Waals surface area (Å²) in [5.74, 6) is 0.895. The van der Waals surface area contributed by atoms with Crippen molar-refractivity contribution in [2.45, 2.75) is 26.2 Å². The second kappa shape index (κ2) is 6.63. The van der Waals surface area contributed by atoms with Crippen molar-refractivity contribution in [1.29, 1.82) is 0 Å². The number of hydrogen-bond acceptors (Lipinski definition) is 2. The van der Waals surface area contributed by atoms with Crippen LogP contribution in [0, 0.1) is 23.7 Å². The molecule has 142 valence electrons. The summed E-state index contributed by atoms with van der Waals surface area (Å²) in [7, 11) is 0.